The van der Waals surface area contributed by atoms with Crippen LogP contribution in [0.5, 0.6) is 0 Å². The molecule has 0 fully saturated rings. The zero-order valence-electron chi connectivity index (χ0n) is 8.73. The Labute approximate surface area is 94.4 Å². The smallest absolute Gasteiger partial charge is 0.0792 e. The molecule has 0 N–H and O–H groups in total. The second-order valence-corrected chi connectivity index (χ2v) is 5.36. The van der Waals surface area contributed by atoms with Gasteiger partial charge in [0.15, 0.2) is 9.80 Å². The third kappa shape index (κ3) is 2.42. The van der Waals surface area contributed by atoms with Crippen LogP contribution in [0.2, 0.25) is 0 Å². The van der Waals surface area contributed by atoms with E-state index in [2.05, 4.69) is 60.5 Å². The summed E-state index contributed by atoms with van der Waals surface area (Å²) in [6, 6.07) is 10.6. The summed E-state index contributed by atoms with van der Waals surface area (Å²) < 4.78 is 0. The SMILES string of the molecule is C=C[S+](C1=CCCC=C1)c1ccccc1. The van der Waals surface area contributed by atoms with Crippen molar-refractivity contribution in [2.75, 3.05) is 0 Å². The number of hydrogen-bond acceptors (Lipinski definition) is 0. The molecule has 1 unspecified atom stereocenters. The van der Waals surface area contributed by atoms with Gasteiger partial charge in [0.05, 0.1) is 10.9 Å². The summed E-state index contributed by atoms with van der Waals surface area (Å²) in [6.07, 6.45) is 9.16. The lowest BCUT2D eigenvalue weighted by molar-refractivity contribution is 1.03. The van der Waals surface area contributed by atoms with Gasteiger partial charge >= 0.3 is 0 Å². The fourth-order valence-corrected chi connectivity index (χ4v) is 3.30. The monoisotopic (exact) mass is 215 g/mol. The van der Waals surface area contributed by atoms with Crippen LogP contribution in [-0.4, -0.2) is 0 Å². The van der Waals surface area contributed by atoms with Crippen molar-refractivity contribution in [1.82, 2.24) is 0 Å². The Bertz CT molecular complexity index is 387. The molecular formula is C14H15S+. The molecule has 1 aliphatic carbocycles. The molecule has 0 aromatic heterocycles. The molecule has 1 aliphatic rings. The number of benzene rings is 1. The largest absolute Gasteiger partial charge is 0.165 e. The fraction of sp³-hybridized carbons (Fsp3) is 0.143. The molecule has 0 saturated heterocycles. The van der Waals surface area contributed by atoms with E-state index in [1.807, 2.05) is 0 Å². The predicted octanol–water partition coefficient (Wildman–Crippen LogP) is 4.04. The summed E-state index contributed by atoms with van der Waals surface area (Å²) in [5.74, 6) is 0. The molecule has 1 aromatic carbocycles. The van der Waals surface area contributed by atoms with Crippen molar-refractivity contribution in [2.24, 2.45) is 0 Å². The summed E-state index contributed by atoms with van der Waals surface area (Å²) in [7, 11) is 0.0569. The highest BCUT2D eigenvalue weighted by Gasteiger charge is 2.23. The maximum absolute atomic E-state index is 3.95. The Morgan fingerprint density at radius 2 is 1.93 bits per heavy atom. The highest BCUT2D eigenvalue weighted by Crippen LogP contribution is 2.26. The van der Waals surface area contributed by atoms with Crippen molar-refractivity contribution in [3.05, 3.63) is 65.5 Å². The fourth-order valence-electron chi connectivity index (χ4n) is 1.65. The van der Waals surface area contributed by atoms with Gasteiger partial charge in [-0.15, -0.1) is 0 Å². The first-order valence-electron chi connectivity index (χ1n) is 5.19. The van der Waals surface area contributed by atoms with Gasteiger partial charge in [0, 0.05) is 0 Å². The van der Waals surface area contributed by atoms with Crippen molar-refractivity contribution in [3.8, 4) is 0 Å². The molecule has 0 nitrogen and oxygen atoms in total. The average molecular weight is 215 g/mol. The molecule has 0 saturated carbocycles. The summed E-state index contributed by atoms with van der Waals surface area (Å²) in [4.78, 5) is 2.76. The van der Waals surface area contributed by atoms with Crippen LogP contribution in [0.15, 0.2) is 70.3 Å². The zero-order chi connectivity index (χ0) is 10.5. The molecule has 0 bridgehead atoms. The lowest BCUT2D eigenvalue weighted by atomic mass is 10.2. The number of allylic oxidation sites excluding steroid dienone is 3. The first-order valence-corrected chi connectivity index (χ1v) is 6.48. The normalized spacial score (nSPS) is 16.9. The number of hydrogen-bond donors (Lipinski definition) is 0. The molecule has 76 valence electrons. The molecule has 2 rings (SSSR count). The molecule has 0 aliphatic heterocycles. The van der Waals surface area contributed by atoms with E-state index >= 15 is 0 Å². The van der Waals surface area contributed by atoms with Crippen molar-refractivity contribution in [1.29, 1.82) is 0 Å². The van der Waals surface area contributed by atoms with Gasteiger partial charge in [-0.2, -0.15) is 0 Å². The summed E-state index contributed by atoms with van der Waals surface area (Å²) >= 11 is 0. The van der Waals surface area contributed by atoms with Crippen LogP contribution in [0.25, 0.3) is 0 Å². The molecule has 1 atom stereocenters. The van der Waals surface area contributed by atoms with E-state index < -0.39 is 0 Å². The molecule has 0 spiro atoms. The lowest BCUT2D eigenvalue weighted by Gasteiger charge is -2.06. The quantitative estimate of drug-likeness (QED) is 0.667. The van der Waals surface area contributed by atoms with Crippen LogP contribution in [-0.2, 0) is 10.9 Å². The third-order valence-electron chi connectivity index (χ3n) is 2.38. The maximum Gasteiger partial charge on any atom is 0.165 e. The van der Waals surface area contributed by atoms with E-state index in [0.717, 1.165) is 6.42 Å². The maximum atomic E-state index is 3.95. The van der Waals surface area contributed by atoms with Crippen LogP contribution in [0.4, 0.5) is 0 Å². The predicted molar refractivity (Wildman–Crippen MR) is 68.7 cm³/mol. The zero-order valence-corrected chi connectivity index (χ0v) is 9.54. The minimum Gasteiger partial charge on any atom is -0.0792 e. The van der Waals surface area contributed by atoms with E-state index in [1.165, 1.54) is 16.2 Å². The highest BCUT2D eigenvalue weighted by atomic mass is 32.2. The topological polar surface area (TPSA) is 0 Å². The summed E-state index contributed by atoms with van der Waals surface area (Å²) in [5.41, 5.74) is 0. The van der Waals surface area contributed by atoms with Gasteiger partial charge in [-0.05, 0) is 37.1 Å². The first-order chi connectivity index (χ1) is 7.42. The standard InChI is InChI=1S/C14H15S/c1-2-15(13-9-5-3-6-10-13)14-11-7-4-8-12-14/h2-3,5-7,9-12H,1,4,8H2/q+1. The molecule has 0 radical (unpaired) electrons. The minimum absolute atomic E-state index is 0.0569. The van der Waals surface area contributed by atoms with E-state index in [0.29, 0.717) is 0 Å². The van der Waals surface area contributed by atoms with Crippen molar-refractivity contribution >= 4 is 10.9 Å². The Morgan fingerprint density at radius 1 is 1.13 bits per heavy atom. The van der Waals surface area contributed by atoms with Crippen LogP contribution in [0.3, 0.4) is 0 Å². The summed E-state index contributed by atoms with van der Waals surface area (Å²) in [6.45, 7) is 3.95. The van der Waals surface area contributed by atoms with E-state index in [4.69, 9.17) is 0 Å². The van der Waals surface area contributed by atoms with Gasteiger partial charge in [-0.25, -0.2) is 0 Å². The van der Waals surface area contributed by atoms with Gasteiger partial charge in [0.25, 0.3) is 0 Å². The molecule has 1 aromatic rings. The Kier molecular flexibility index (Phi) is 3.46. The third-order valence-corrected chi connectivity index (χ3v) is 4.30. The van der Waals surface area contributed by atoms with Crippen LogP contribution in [0, 0.1) is 0 Å². The molecular weight excluding hydrogens is 200 g/mol. The molecule has 0 amide bonds. The van der Waals surface area contributed by atoms with E-state index in [1.54, 1.807) is 0 Å². The Balaban J connectivity index is 2.28. The Morgan fingerprint density at radius 3 is 2.53 bits per heavy atom. The van der Waals surface area contributed by atoms with Crippen molar-refractivity contribution < 1.29 is 0 Å². The van der Waals surface area contributed by atoms with E-state index in [-0.39, 0.29) is 10.9 Å². The van der Waals surface area contributed by atoms with Gasteiger partial charge < -0.3 is 0 Å². The van der Waals surface area contributed by atoms with Crippen LogP contribution in [0.1, 0.15) is 12.8 Å². The first kappa shape index (κ1) is 10.3. The van der Waals surface area contributed by atoms with Crippen LogP contribution >= 0.6 is 0 Å². The number of rotatable bonds is 3. The van der Waals surface area contributed by atoms with Gasteiger partial charge in [0.2, 0.25) is 0 Å². The van der Waals surface area contributed by atoms with Crippen molar-refractivity contribution in [3.63, 3.8) is 0 Å². The lowest BCUT2D eigenvalue weighted by Crippen LogP contribution is -2.02. The molecule has 1 heteroatoms. The average Bonchev–Trinajstić information content (AvgIpc) is 2.33. The van der Waals surface area contributed by atoms with Crippen LogP contribution < -0.4 is 0 Å². The highest BCUT2D eigenvalue weighted by molar-refractivity contribution is 8.03. The second kappa shape index (κ2) is 5.04. The summed E-state index contributed by atoms with van der Waals surface area (Å²) in [5, 5.41) is 2.05. The van der Waals surface area contributed by atoms with E-state index in [9.17, 15) is 0 Å². The second-order valence-electron chi connectivity index (χ2n) is 3.40. The molecule has 15 heavy (non-hydrogen) atoms. The van der Waals surface area contributed by atoms with Gasteiger partial charge in [-0.1, -0.05) is 30.9 Å². The minimum atomic E-state index is 0.0569. The van der Waals surface area contributed by atoms with Crippen molar-refractivity contribution in [2.45, 2.75) is 17.7 Å². The molecule has 0 heterocycles. The van der Waals surface area contributed by atoms with Gasteiger partial charge in [-0.3, -0.25) is 0 Å². The van der Waals surface area contributed by atoms with Gasteiger partial charge in [0.1, 0.15) is 5.41 Å². The Hall–Kier alpha value is -1.21.